The van der Waals surface area contributed by atoms with Crippen LogP contribution in [-0.4, -0.2) is 48.3 Å². The number of carbonyl (C=O) groups excluding carboxylic acids is 1. The largest absolute Gasteiger partial charge is 0.391 e. The maximum Gasteiger partial charge on any atom is 0.225 e. The molecule has 70 valence electrons. The van der Waals surface area contributed by atoms with Crippen molar-refractivity contribution in [1.29, 1.82) is 0 Å². The lowest BCUT2D eigenvalue weighted by Crippen LogP contribution is -2.33. The molecule has 1 fully saturated rings. The van der Waals surface area contributed by atoms with E-state index in [4.69, 9.17) is 9.84 Å². The van der Waals surface area contributed by atoms with Gasteiger partial charge in [-0.2, -0.15) is 0 Å². The number of aliphatic hydroxyl groups excluding tert-OH is 1. The van der Waals surface area contributed by atoms with Crippen molar-refractivity contribution in [2.75, 3.05) is 20.2 Å². The fraction of sp³-hybridized carbons (Fsp3) is 0.875. The first kappa shape index (κ1) is 9.48. The number of nitrogens with zero attached hydrogens (tertiary/aromatic N) is 1. The van der Waals surface area contributed by atoms with Crippen LogP contribution < -0.4 is 0 Å². The SMILES string of the molecule is COC(C)CN1CC(O)CC1=O. The number of amides is 1. The first-order valence-corrected chi connectivity index (χ1v) is 4.12. The molecule has 1 aliphatic rings. The van der Waals surface area contributed by atoms with Gasteiger partial charge in [0.05, 0.1) is 18.6 Å². The summed E-state index contributed by atoms with van der Waals surface area (Å²) < 4.78 is 5.02. The summed E-state index contributed by atoms with van der Waals surface area (Å²) in [5, 5.41) is 9.15. The topological polar surface area (TPSA) is 49.8 Å². The molecule has 0 aliphatic carbocycles. The number of aliphatic hydroxyl groups is 1. The van der Waals surface area contributed by atoms with E-state index in [1.54, 1.807) is 12.0 Å². The van der Waals surface area contributed by atoms with Gasteiger partial charge in [-0.25, -0.2) is 0 Å². The zero-order valence-corrected chi connectivity index (χ0v) is 7.49. The molecule has 1 amide bonds. The van der Waals surface area contributed by atoms with Gasteiger partial charge in [0.25, 0.3) is 0 Å². The van der Waals surface area contributed by atoms with Gasteiger partial charge >= 0.3 is 0 Å². The second-order valence-electron chi connectivity index (χ2n) is 3.20. The lowest BCUT2D eigenvalue weighted by Gasteiger charge is -2.19. The second kappa shape index (κ2) is 3.87. The minimum absolute atomic E-state index is 0.0198. The van der Waals surface area contributed by atoms with E-state index in [1.807, 2.05) is 6.92 Å². The van der Waals surface area contributed by atoms with Crippen LogP contribution >= 0.6 is 0 Å². The van der Waals surface area contributed by atoms with E-state index in [0.717, 1.165) is 0 Å². The first-order chi connectivity index (χ1) is 5.63. The van der Waals surface area contributed by atoms with Crippen LogP contribution in [0.5, 0.6) is 0 Å². The molecule has 0 aromatic rings. The van der Waals surface area contributed by atoms with Crippen LogP contribution in [0.25, 0.3) is 0 Å². The molecule has 1 aliphatic heterocycles. The molecule has 0 bridgehead atoms. The number of methoxy groups -OCH3 is 1. The standard InChI is InChI=1S/C8H15NO3/c1-6(12-2)4-9-5-7(10)3-8(9)11/h6-7,10H,3-5H2,1-2H3. The fourth-order valence-electron chi connectivity index (χ4n) is 1.31. The lowest BCUT2D eigenvalue weighted by molar-refractivity contribution is -0.129. The van der Waals surface area contributed by atoms with Crippen LogP contribution in [-0.2, 0) is 9.53 Å². The van der Waals surface area contributed by atoms with Gasteiger partial charge in [0, 0.05) is 20.2 Å². The molecule has 2 atom stereocenters. The van der Waals surface area contributed by atoms with Crippen LogP contribution in [0, 0.1) is 0 Å². The third-order valence-electron chi connectivity index (χ3n) is 2.07. The molecule has 1 N–H and O–H groups in total. The van der Waals surface area contributed by atoms with E-state index in [9.17, 15) is 4.79 Å². The van der Waals surface area contributed by atoms with Crippen molar-refractivity contribution >= 4 is 5.91 Å². The molecule has 0 radical (unpaired) electrons. The third kappa shape index (κ3) is 2.19. The van der Waals surface area contributed by atoms with Crippen LogP contribution in [0.2, 0.25) is 0 Å². The number of hydrogen-bond donors (Lipinski definition) is 1. The van der Waals surface area contributed by atoms with Gasteiger partial charge < -0.3 is 14.7 Å². The van der Waals surface area contributed by atoms with Crippen molar-refractivity contribution in [1.82, 2.24) is 4.90 Å². The number of likely N-dealkylation sites (tertiary alicyclic amines) is 1. The summed E-state index contributed by atoms with van der Waals surface area (Å²) in [4.78, 5) is 12.8. The van der Waals surface area contributed by atoms with E-state index in [1.165, 1.54) is 0 Å². The predicted molar refractivity (Wildman–Crippen MR) is 43.7 cm³/mol. The fourth-order valence-corrected chi connectivity index (χ4v) is 1.31. The number of rotatable bonds is 3. The molecule has 0 aromatic carbocycles. The molecule has 0 saturated carbocycles. The Hall–Kier alpha value is -0.610. The minimum atomic E-state index is -0.485. The molecular weight excluding hydrogens is 158 g/mol. The number of ether oxygens (including phenoxy) is 1. The van der Waals surface area contributed by atoms with Gasteiger partial charge in [0.1, 0.15) is 0 Å². The molecule has 1 rings (SSSR count). The summed E-state index contributed by atoms with van der Waals surface area (Å²) in [7, 11) is 1.61. The highest BCUT2D eigenvalue weighted by molar-refractivity contribution is 5.79. The summed E-state index contributed by atoms with van der Waals surface area (Å²) in [5.74, 6) is 0.0198. The normalized spacial score (nSPS) is 26.4. The Morgan fingerprint density at radius 3 is 2.92 bits per heavy atom. The highest BCUT2D eigenvalue weighted by atomic mass is 16.5. The monoisotopic (exact) mass is 173 g/mol. The van der Waals surface area contributed by atoms with Gasteiger partial charge in [0.2, 0.25) is 5.91 Å². The molecule has 1 saturated heterocycles. The summed E-state index contributed by atoms with van der Waals surface area (Å²) in [6.07, 6.45) is -0.183. The molecule has 1 heterocycles. The minimum Gasteiger partial charge on any atom is -0.391 e. The third-order valence-corrected chi connectivity index (χ3v) is 2.07. The van der Waals surface area contributed by atoms with E-state index < -0.39 is 6.10 Å². The van der Waals surface area contributed by atoms with Crippen LogP contribution in [0.4, 0.5) is 0 Å². The number of carbonyl (C=O) groups is 1. The van der Waals surface area contributed by atoms with E-state index in [0.29, 0.717) is 13.1 Å². The van der Waals surface area contributed by atoms with E-state index in [-0.39, 0.29) is 18.4 Å². The molecule has 4 nitrogen and oxygen atoms in total. The maximum atomic E-state index is 11.1. The Balaban J connectivity index is 2.37. The smallest absolute Gasteiger partial charge is 0.225 e. The summed E-state index contributed by atoms with van der Waals surface area (Å²) in [6.45, 7) is 2.93. The Bertz CT molecular complexity index is 172. The number of hydrogen-bond acceptors (Lipinski definition) is 3. The molecule has 2 unspecified atom stereocenters. The highest BCUT2D eigenvalue weighted by Gasteiger charge is 2.28. The van der Waals surface area contributed by atoms with Crippen molar-refractivity contribution < 1.29 is 14.6 Å². The molecule has 0 spiro atoms. The Kier molecular flexibility index (Phi) is 3.05. The molecule has 12 heavy (non-hydrogen) atoms. The van der Waals surface area contributed by atoms with Crippen molar-refractivity contribution in [2.24, 2.45) is 0 Å². The highest BCUT2D eigenvalue weighted by Crippen LogP contribution is 2.11. The molecule has 4 heteroatoms. The van der Waals surface area contributed by atoms with Crippen LogP contribution in [0.1, 0.15) is 13.3 Å². The van der Waals surface area contributed by atoms with Gasteiger partial charge in [-0.05, 0) is 6.92 Å². The van der Waals surface area contributed by atoms with E-state index in [2.05, 4.69) is 0 Å². The lowest BCUT2D eigenvalue weighted by atomic mass is 10.3. The van der Waals surface area contributed by atoms with Gasteiger partial charge in [-0.3, -0.25) is 4.79 Å². The average molecular weight is 173 g/mol. The first-order valence-electron chi connectivity index (χ1n) is 4.12. The van der Waals surface area contributed by atoms with Crippen molar-refractivity contribution in [3.8, 4) is 0 Å². The summed E-state index contributed by atoms with van der Waals surface area (Å²) >= 11 is 0. The summed E-state index contributed by atoms with van der Waals surface area (Å²) in [6, 6.07) is 0. The van der Waals surface area contributed by atoms with E-state index >= 15 is 0 Å². The summed E-state index contributed by atoms with van der Waals surface area (Å²) in [5.41, 5.74) is 0. The van der Waals surface area contributed by atoms with Crippen molar-refractivity contribution in [3.05, 3.63) is 0 Å². The zero-order chi connectivity index (χ0) is 9.14. The second-order valence-corrected chi connectivity index (χ2v) is 3.20. The van der Waals surface area contributed by atoms with Crippen molar-refractivity contribution in [3.63, 3.8) is 0 Å². The van der Waals surface area contributed by atoms with Gasteiger partial charge in [0.15, 0.2) is 0 Å². The molecule has 0 aromatic heterocycles. The Morgan fingerprint density at radius 2 is 2.50 bits per heavy atom. The Morgan fingerprint density at radius 1 is 1.83 bits per heavy atom. The van der Waals surface area contributed by atoms with Crippen molar-refractivity contribution in [2.45, 2.75) is 25.6 Å². The Labute approximate surface area is 72.1 Å². The van der Waals surface area contributed by atoms with Gasteiger partial charge in [-0.15, -0.1) is 0 Å². The number of β-amino-alcohol motifs (C(OH)–C–C–N with tert-alkyl or cyclic N) is 1. The maximum absolute atomic E-state index is 11.1. The van der Waals surface area contributed by atoms with Crippen LogP contribution in [0.15, 0.2) is 0 Å². The average Bonchev–Trinajstić information content (AvgIpc) is 2.30. The zero-order valence-electron chi connectivity index (χ0n) is 7.49. The van der Waals surface area contributed by atoms with Crippen LogP contribution in [0.3, 0.4) is 0 Å². The van der Waals surface area contributed by atoms with Gasteiger partial charge in [-0.1, -0.05) is 0 Å². The molecular formula is C8H15NO3. The quantitative estimate of drug-likeness (QED) is 0.632. The predicted octanol–water partition coefficient (Wildman–Crippen LogP) is -0.386.